The molecule has 0 spiro atoms. The molecule has 1 N–H and O–H groups in total. The van der Waals surface area contributed by atoms with Gasteiger partial charge in [0.1, 0.15) is 5.82 Å². The van der Waals surface area contributed by atoms with E-state index in [2.05, 4.69) is 5.32 Å². The summed E-state index contributed by atoms with van der Waals surface area (Å²) in [6, 6.07) is 9.00. The molecule has 2 aromatic carbocycles. The molecule has 1 saturated heterocycles. The summed E-state index contributed by atoms with van der Waals surface area (Å²) in [5.41, 5.74) is 2.55. The second-order valence-corrected chi connectivity index (χ2v) is 6.14. The Labute approximate surface area is 144 Å². The Hall–Kier alpha value is -2.40. The quantitative estimate of drug-likeness (QED) is 0.907. The topological polar surface area (TPSA) is 49.4 Å². The van der Waals surface area contributed by atoms with Crippen molar-refractivity contribution in [3.05, 3.63) is 58.4 Å². The molecule has 1 aliphatic heterocycles. The van der Waals surface area contributed by atoms with E-state index in [1.54, 1.807) is 17.0 Å². The van der Waals surface area contributed by atoms with Crippen molar-refractivity contribution >= 4 is 34.8 Å². The maximum Gasteiger partial charge on any atom is 0.257 e. The van der Waals surface area contributed by atoms with Crippen molar-refractivity contribution in [1.82, 2.24) is 0 Å². The van der Waals surface area contributed by atoms with Crippen LogP contribution in [0.15, 0.2) is 36.4 Å². The average molecular weight is 347 g/mol. The van der Waals surface area contributed by atoms with Crippen LogP contribution in [0.3, 0.4) is 0 Å². The maximum atomic E-state index is 13.1. The Kier molecular flexibility index (Phi) is 4.53. The highest BCUT2D eigenvalue weighted by molar-refractivity contribution is 6.34. The summed E-state index contributed by atoms with van der Waals surface area (Å²) in [6.45, 7) is 2.61. The second-order valence-electron chi connectivity index (χ2n) is 5.73. The van der Waals surface area contributed by atoms with Crippen LogP contribution >= 0.6 is 11.6 Å². The predicted molar refractivity (Wildman–Crippen MR) is 92.1 cm³/mol. The van der Waals surface area contributed by atoms with Crippen LogP contribution in [-0.4, -0.2) is 18.4 Å². The number of benzene rings is 2. The van der Waals surface area contributed by atoms with Gasteiger partial charge in [-0.1, -0.05) is 11.6 Å². The number of anilines is 2. The van der Waals surface area contributed by atoms with Crippen LogP contribution in [0.4, 0.5) is 15.8 Å². The maximum absolute atomic E-state index is 13.1. The number of hydrogen-bond acceptors (Lipinski definition) is 2. The van der Waals surface area contributed by atoms with Gasteiger partial charge in [0.15, 0.2) is 0 Å². The van der Waals surface area contributed by atoms with E-state index in [1.165, 1.54) is 12.1 Å². The lowest BCUT2D eigenvalue weighted by molar-refractivity contribution is -0.117. The highest BCUT2D eigenvalue weighted by atomic mass is 35.5. The molecule has 0 aliphatic carbocycles. The molecule has 0 unspecified atom stereocenters. The van der Waals surface area contributed by atoms with E-state index in [0.717, 1.165) is 30.3 Å². The zero-order valence-corrected chi connectivity index (χ0v) is 13.9. The van der Waals surface area contributed by atoms with Crippen molar-refractivity contribution < 1.29 is 14.0 Å². The molecule has 0 aromatic heterocycles. The Morgan fingerprint density at radius 3 is 2.67 bits per heavy atom. The van der Waals surface area contributed by atoms with Crippen molar-refractivity contribution in [3.63, 3.8) is 0 Å². The van der Waals surface area contributed by atoms with Crippen LogP contribution < -0.4 is 10.2 Å². The van der Waals surface area contributed by atoms with E-state index in [4.69, 9.17) is 11.6 Å². The summed E-state index contributed by atoms with van der Waals surface area (Å²) in [6.07, 6.45) is 1.43. The number of hydrogen-bond donors (Lipinski definition) is 1. The highest BCUT2D eigenvalue weighted by Gasteiger charge is 2.23. The Morgan fingerprint density at radius 2 is 2.04 bits per heavy atom. The third-order valence-electron chi connectivity index (χ3n) is 3.99. The number of carbonyl (C=O) groups excluding carboxylic acids is 2. The van der Waals surface area contributed by atoms with Crippen LogP contribution in [0.5, 0.6) is 0 Å². The molecule has 1 heterocycles. The highest BCUT2D eigenvalue weighted by Crippen LogP contribution is 2.28. The fourth-order valence-electron chi connectivity index (χ4n) is 2.81. The molecule has 124 valence electrons. The minimum Gasteiger partial charge on any atom is -0.322 e. The summed E-state index contributed by atoms with van der Waals surface area (Å²) in [5.74, 6) is -0.788. The van der Waals surface area contributed by atoms with Crippen LogP contribution in [0, 0.1) is 12.7 Å². The number of rotatable bonds is 3. The van der Waals surface area contributed by atoms with E-state index < -0.39 is 11.7 Å². The molecule has 24 heavy (non-hydrogen) atoms. The molecule has 1 fully saturated rings. The molecule has 2 amide bonds. The SMILES string of the molecule is Cc1cc(NC(=O)c2ccc(F)cc2Cl)ccc1N1CCCC1=O. The van der Waals surface area contributed by atoms with Gasteiger partial charge >= 0.3 is 0 Å². The molecule has 0 atom stereocenters. The average Bonchev–Trinajstić information content (AvgIpc) is 2.93. The van der Waals surface area contributed by atoms with E-state index in [9.17, 15) is 14.0 Å². The zero-order valence-electron chi connectivity index (χ0n) is 13.1. The molecule has 4 nitrogen and oxygen atoms in total. The summed E-state index contributed by atoms with van der Waals surface area (Å²) < 4.78 is 13.1. The molecular weight excluding hydrogens is 331 g/mol. The normalized spacial score (nSPS) is 14.1. The first-order valence-corrected chi connectivity index (χ1v) is 8.01. The molecule has 1 aliphatic rings. The lowest BCUT2D eigenvalue weighted by Crippen LogP contribution is -2.24. The summed E-state index contributed by atoms with van der Waals surface area (Å²) in [7, 11) is 0. The Morgan fingerprint density at radius 1 is 1.25 bits per heavy atom. The van der Waals surface area contributed by atoms with Crippen molar-refractivity contribution in [2.45, 2.75) is 19.8 Å². The van der Waals surface area contributed by atoms with E-state index in [0.29, 0.717) is 12.1 Å². The van der Waals surface area contributed by atoms with Crippen molar-refractivity contribution in [3.8, 4) is 0 Å². The molecule has 0 bridgehead atoms. The fourth-order valence-corrected chi connectivity index (χ4v) is 3.06. The van der Waals surface area contributed by atoms with E-state index in [-0.39, 0.29) is 16.5 Å². The zero-order chi connectivity index (χ0) is 17.3. The first-order valence-electron chi connectivity index (χ1n) is 7.63. The van der Waals surface area contributed by atoms with Gasteiger partial charge in [-0.3, -0.25) is 9.59 Å². The van der Waals surface area contributed by atoms with E-state index in [1.807, 2.05) is 13.0 Å². The van der Waals surface area contributed by atoms with E-state index >= 15 is 0 Å². The summed E-state index contributed by atoms with van der Waals surface area (Å²) >= 11 is 5.90. The summed E-state index contributed by atoms with van der Waals surface area (Å²) in [5, 5.41) is 2.80. The van der Waals surface area contributed by atoms with Crippen molar-refractivity contribution in [2.75, 3.05) is 16.8 Å². The molecule has 3 rings (SSSR count). The number of carbonyl (C=O) groups is 2. The van der Waals surface area contributed by atoms with Gasteiger partial charge in [-0.15, -0.1) is 0 Å². The lowest BCUT2D eigenvalue weighted by atomic mass is 10.1. The number of amides is 2. The predicted octanol–water partition coefficient (Wildman–Crippen LogP) is 4.17. The standard InChI is InChI=1S/C18H16ClFN2O2/c1-11-9-13(5-7-16(11)22-8-2-3-17(22)23)21-18(24)14-6-4-12(20)10-15(14)19/h4-7,9-10H,2-3,8H2,1H3,(H,21,24). The number of halogens is 2. The molecule has 6 heteroatoms. The van der Waals surface area contributed by atoms with Crippen LogP contribution in [0.2, 0.25) is 5.02 Å². The van der Waals surface area contributed by atoms with Gasteiger partial charge in [0, 0.05) is 24.3 Å². The Bertz CT molecular complexity index is 823. The molecule has 0 radical (unpaired) electrons. The van der Waals surface area contributed by atoms with Crippen LogP contribution in [-0.2, 0) is 4.79 Å². The van der Waals surface area contributed by atoms with Crippen molar-refractivity contribution in [2.24, 2.45) is 0 Å². The van der Waals surface area contributed by atoms with Crippen molar-refractivity contribution in [1.29, 1.82) is 0 Å². The van der Waals surface area contributed by atoms with Gasteiger partial charge < -0.3 is 10.2 Å². The molecule has 0 saturated carbocycles. The van der Waals surface area contributed by atoms with Gasteiger partial charge in [-0.25, -0.2) is 4.39 Å². The largest absolute Gasteiger partial charge is 0.322 e. The first-order chi connectivity index (χ1) is 11.5. The molecular formula is C18H16ClFN2O2. The monoisotopic (exact) mass is 346 g/mol. The molecule has 2 aromatic rings. The van der Waals surface area contributed by atoms with Crippen LogP contribution in [0.25, 0.3) is 0 Å². The number of nitrogens with one attached hydrogen (secondary N) is 1. The number of aryl methyl sites for hydroxylation is 1. The smallest absolute Gasteiger partial charge is 0.257 e. The second kappa shape index (κ2) is 6.61. The summed E-state index contributed by atoms with van der Waals surface area (Å²) in [4.78, 5) is 25.9. The van der Waals surface area contributed by atoms with Crippen LogP contribution in [0.1, 0.15) is 28.8 Å². The minimum atomic E-state index is -0.493. The minimum absolute atomic E-state index is 0.0588. The lowest BCUT2D eigenvalue weighted by Gasteiger charge is -2.19. The van der Waals surface area contributed by atoms with Gasteiger partial charge in [-0.05, 0) is 55.3 Å². The third-order valence-corrected chi connectivity index (χ3v) is 4.31. The first kappa shape index (κ1) is 16.5. The fraction of sp³-hybridized carbons (Fsp3) is 0.222. The van der Waals surface area contributed by atoms with Gasteiger partial charge in [0.2, 0.25) is 5.91 Å². The number of nitrogens with zero attached hydrogens (tertiary/aromatic N) is 1. The van der Waals surface area contributed by atoms with Gasteiger partial charge in [0.25, 0.3) is 5.91 Å². The Balaban J connectivity index is 1.79. The van der Waals surface area contributed by atoms with Gasteiger partial charge in [-0.2, -0.15) is 0 Å². The van der Waals surface area contributed by atoms with Gasteiger partial charge in [0.05, 0.1) is 10.6 Å². The third kappa shape index (κ3) is 3.26.